The van der Waals surface area contributed by atoms with Crippen molar-refractivity contribution in [3.8, 4) is 0 Å². The molecule has 0 aliphatic carbocycles. The van der Waals surface area contributed by atoms with Crippen LogP contribution in [0.25, 0.3) is 0 Å². The van der Waals surface area contributed by atoms with Gasteiger partial charge in [-0.3, -0.25) is 5.41 Å². The number of hydrogen-bond donors (Lipinski definition) is 2. The number of nitrogens with zero attached hydrogens (tertiary/aromatic N) is 1. The van der Waals surface area contributed by atoms with Crippen LogP contribution in [0, 0.1) is 5.41 Å². The van der Waals surface area contributed by atoms with Crippen LogP contribution in [0.15, 0.2) is 86.6 Å². The molecule has 0 aliphatic rings. The Balaban J connectivity index is 2.39. The van der Waals surface area contributed by atoms with Crippen molar-refractivity contribution in [1.82, 2.24) is 0 Å². The van der Waals surface area contributed by atoms with E-state index in [0.29, 0.717) is 13.6 Å². The molecule has 0 aliphatic heterocycles. The molecule has 1 aromatic heterocycles. The molecule has 3 rings (SSSR count). The van der Waals surface area contributed by atoms with Crippen LogP contribution in [0.1, 0.15) is 4.88 Å². The van der Waals surface area contributed by atoms with Crippen molar-refractivity contribution in [1.29, 1.82) is 5.41 Å². The van der Waals surface area contributed by atoms with Gasteiger partial charge in [-0.1, -0.05) is 31.8 Å². The maximum absolute atomic E-state index is 14.4. The number of nitrogen functional groups attached to an aromatic ring is 1. The lowest BCUT2D eigenvalue weighted by Crippen LogP contribution is -2.10. The Hall–Kier alpha value is -1.71. The summed E-state index contributed by atoms with van der Waals surface area (Å²) in [5.74, 6) is -0.249. The zero-order valence-electron chi connectivity index (χ0n) is 17.2. The van der Waals surface area contributed by atoms with Crippen molar-refractivity contribution in [2.24, 2.45) is 9.50 Å². The summed E-state index contributed by atoms with van der Waals surface area (Å²) in [5, 5.41) is 7.73. The van der Waals surface area contributed by atoms with E-state index in [4.69, 9.17) is 11.1 Å². The van der Waals surface area contributed by atoms with Gasteiger partial charge in [0.15, 0.2) is 9.84 Å². The van der Waals surface area contributed by atoms with Crippen LogP contribution >= 0.6 is 39.0 Å². The quantitative estimate of drug-likeness (QED) is 0.232. The molecule has 0 spiro atoms. The number of thiophene rings is 1. The maximum Gasteiger partial charge on any atom is 0.290 e. The van der Waals surface area contributed by atoms with E-state index in [0.717, 1.165) is 23.7 Å². The smallest absolute Gasteiger partial charge is 0.290 e. The number of rotatable bonds is 7. The number of nitrogens with one attached hydrogen (secondary N) is 1. The summed E-state index contributed by atoms with van der Waals surface area (Å²) in [6.45, 7) is 0. The molecule has 0 saturated carbocycles. The third-order valence-electron chi connectivity index (χ3n) is 4.27. The van der Waals surface area contributed by atoms with E-state index in [-0.39, 0.29) is 20.5 Å². The molecule has 0 radical (unpaired) electrons. The van der Waals surface area contributed by atoms with E-state index in [1.54, 1.807) is 18.4 Å². The molecule has 0 fully saturated rings. The predicted octanol–water partition coefficient (Wildman–Crippen LogP) is 4.19. The van der Waals surface area contributed by atoms with Crippen LogP contribution in [0.4, 0.5) is 0 Å². The first-order valence-corrected chi connectivity index (χ1v) is 16.6. The summed E-state index contributed by atoms with van der Waals surface area (Å²) in [4.78, 5) is -0.0365. The predicted molar refractivity (Wildman–Crippen MR) is 135 cm³/mol. The summed E-state index contributed by atoms with van der Waals surface area (Å²) >= 11 is 5.64. The molecule has 1 unspecified atom stereocenters. The van der Waals surface area contributed by atoms with Gasteiger partial charge in [-0.15, -0.1) is 23.1 Å². The molecule has 0 amide bonds. The van der Waals surface area contributed by atoms with Gasteiger partial charge in [-0.25, -0.2) is 12.6 Å². The Morgan fingerprint density at radius 1 is 1.00 bits per heavy atom. The van der Waals surface area contributed by atoms with Gasteiger partial charge in [0, 0.05) is 10.7 Å². The summed E-state index contributed by atoms with van der Waals surface area (Å²) in [5.41, 5.74) is 5.61. The summed E-state index contributed by atoms with van der Waals surface area (Å²) in [7, 11) is -12.0. The number of thioether (sulfide) groups is 1. The topological polar surface area (TPSA) is 148 Å². The monoisotopic (exact) mass is 607 g/mol. The highest BCUT2D eigenvalue weighted by Gasteiger charge is 2.28. The Labute approximate surface area is 209 Å². The molecule has 8 nitrogen and oxygen atoms in total. The zero-order valence-corrected chi connectivity index (χ0v) is 22.8. The molecule has 0 saturated heterocycles. The maximum atomic E-state index is 14.4. The molecule has 3 N–H and O–H groups in total. The average molecular weight is 609 g/mol. The lowest BCUT2D eigenvalue weighted by atomic mass is 10.4. The minimum Gasteiger partial charge on any atom is -0.383 e. The van der Waals surface area contributed by atoms with E-state index >= 15 is 0 Å². The van der Waals surface area contributed by atoms with Gasteiger partial charge in [-0.05, 0) is 48.7 Å². The van der Waals surface area contributed by atoms with Crippen molar-refractivity contribution in [2.45, 2.75) is 23.8 Å². The molecular weight excluding hydrogens is 590 g/mol. The molecule has 14 heteroatoms. The fourth-order valence-electron chi connectivity index (χ4n) is 2.72. The molecule has 2 aromatic carbocycles. The second-order valence-corrected chi connectivity index (χ2v) is 15.7. The van der Waals surface area contributed by atoms with Crippen molar-refractivity contribution >= 4 is 74.5 Å². The molecule has 0 bridgehead atoms. The highest BCUT2D eigenvalue weighted by atomic mass is 79.9. The largest absolute Gasteiger partial charge is 0.383 e. The number of hydrogen-bond acceptors (Lipinski definition) is 8. The third kappa shape index (κ3) is 5.52. The van der Waals surface area contributed by atoms with E-state index < -0.39 is 34.5 Å². The number of nitrogens with two attached hydrogens (primary N) is 1. The molecule has 1 heterocycles. The summed E-state index contributed by atoms with van der Waals surface area (Å²) in [6.07, 6.45) is 2.68. The van der Waals surface area contributed by atoms with E-state index in [9.17, 15) is 21.0 Å². The van der Waals surface area contributed by atoms with Crippen molar-refractivity contribution in [3.63, 3.8) is 0 Å². The van der Waals surface area contributed by atoms with E-state index in [1.165, 1.54) is 48.2 Å². The summed E-state index contributed by atoms with van der Waals surface area (Å²) in [6, 6.07) is 12.4. The van der Waals surface area contributed by atoms with Crippen molar-refractivity contribution in [3.05, 3.63) is 63.9 Å². The second kappa shape index (κ2) is 9.50. The van der Waals surface area contributed by atoms with Gasteiger partial charge < -0.3 is 5.73 Å². The van der Waals surface area contributed by atoms with Crippen LogP contribution in [-0.4, -0.2) is 39.4 Å². The van der Waals surface area contributed by atoms with Crippen molar-refractivity contribution in [2.75, 3.05) is 12.5 Å². The van der Waals surface area contributed by atoms with E-state index in [1.807, 2.05) is 0 Å². The minimum atomic E-state index is -4.57. The summed E-state index contributed by atoms with van der Waals surface area (Å²) < 4.78 is 69.7. The fourth-order valence-corrected chi connectivity index (χ4v) is 10.6. The first-order chi connectivity index (χ1) is 15.3. The normalized spacial score (nSPS) is 13.9. The first kappa shape index (κ1) is 25.9. The second-order valence-electron chi connectivity index (χ2n) is 6.66. The fraction of sp³-hybridized carbons (Fsp3) is 0.105. The van der Waals surface area contributed by atoms with Gasteiger partial charge in [-0.2, -0.15) is 8.42 Å². The van der Waals surface area contributed by atoms with Crippen molar-refractivity contribution < 1.29 is 21.0 Å². The van der Waals surface area contributed by atoms with Crippen LogP contribution < -0.4 is 5.73 Å². The Morgan fingerprint density at radius 2 is 1.61 bits per heavy atom. The Kier molecular flexibility index (Phi) is 7.46. The highest BCUT2D eigenvalue weighted by Crippen LogP contribution is 2.39. The average Bonchev–Trinajstić information content (AvgIpc) is 3.18. The number of sulfone groups is 1. The van der Waals surface area contributed by atoms with Gasteiger partial charge >= 0.3 is 0 Å². The highest BCUT2D eigenvalue weighted by molar-refractivity contribution is 9.10. The first-order valence-electron chi connectivity index (χ1n) is 8.89. The van der Waals surface area contributed by atoms with Gasteiger partial charge in [0.05, 0.1) is 28.7 Å². The van der Waals surface area contributed by atoms with Gasteiger partial charge in [0.25, 0.3) is 10.0 Å². The lowest BCUT2D eigenvalue weighted by Gasteiger charge is -2.12. The Morgan fingerprint density at radius 3 is 2.18 bits per heavy atom. The van der Waals surface area contributed by atoms with Gasteiger partial charge in [0.1, 0.15) is 15.6 Å². The SMILES string of the molecule is CSc1sc(C(=N)N)cc1S(=O)(=NS(=O)(=O)c1cccc(S(C)(=O)=O)c1)c1cccc(Br)c1. The minimum absolute atomic E-state index is 0.117. The molecule has 1 atom stereocenters. The molecule has 33 heavy (non-hydrogen) atoms. The molecular formula is C19H18BrN3O5S5. The molecule has 3 aromatic rings. The number of sulfonamides is 1. The standard InChI is InChI=1S/C19H18BrN3O5S5/c1-29-19-17(11-16(30-19)18(21)22)32(26,14-7-3-5-12(20)9-14)23-33(27,28)15-8-4-6-13(10-15)31(2,24)25/h3-11H,1-2H3,(H3,21,22). The van der Waals surface area contributed by atoms with Crippen LogP contribution in [0.5, 0.6) is 0 Å². The molecule has 176 valence electrons. The van der Waals surface area contributed by atoms with Crippen LogP contribution in [-0.2, 0) is 29.6 Å². The van der Waals surface area contributed by atoms with E-state index in [2.05, 4.69) is 19.7 Å². The number of halogens is 1. The number of benzene rings is 2. The van der Waals surface area contributed by atoms with Crippen LogP contribution in [0.2, 0.25) is 0 Å². The number of amidine groups is 1. The Bertz CT molecular complexity index is 1590. The lowest BCUT2D eigenvalue weighted by molar-refractivity contribution is 0.597. The van der Waals surface area contributed by atoms with Gasteiger partial charge in [0.2, 0.25) is 0 Å². The zero-order chi connectivity index (χ0) is 24.6. The van der Waals surface area contributed by atoms with Crippen LogP contribution in [0.3, 0.4) is 0 Å². The third-order valence-corrected chi connectivity index (χ3v) is 12.7.